The lowest BCUT2D eigenvalue weighted by Crippen LogP contribution is -2.53. The van der Waals surface area contributed by atoms with E-state index in [1.165, 1.54) is 6.07 Å². The number of hydrogen-bond donors (Lipinski definition) is 2. The zero-order valence-electron chi connectivity index (χ0n) is 23.3. The van der Waals surface area contributed by atoms with Crippen molar-refractivity contribution in [3.05, 3.63) is 54.1 Å². The Morgan fingerprint density at radius 2 is 1.74 bits per heavy atom. The van der Waals surface area contributed by atoms with Crippen molar-refractivity contribution in [1.82, 2.24) is 20.1 Å². The SMILES string of the molecule is COC1CCN(C(=O)C2CC3(CCN(c4ccc(NC(=O)c5nnc(Nc6ccc(F)c(F)c6)o5)cn4)CC3)C2)CC1. The smallest absolute Gasteiger partial charge is 0.320 e. The number of methoxy groups -OCH3 is 1. The number of anilines is 4. The van der Waals surface area contributed by atoms with Crippen molar-refractivity contribution >= 4 is 35.0 Å². The summed E-state index contributed by atoms with van der Waals surface area (Å²) in [5.41, 5.74) is 0.899. The van der Waals surface area contributed by atoms with E-state index in [1.807, 2.05) is 11.0 Å². The summed E-state index contributed by atoms with van der Waals surface area (Å²) in [7, 11) is 1.74. The van der Waals surface area contributed by atoms with E-state index in [-0.39, 0.29) is 35.0 Å². The largest absolute Gasteiger partial charge is 0.399 e. The Bertz CT molecular complexity index is 1430. The van der Waals surface area contributed by atoms with Gasteiger partial charge in [-0.15, -0.1) is 5.10 Å². The standard InChI is InChI=1S/C29H33F2N7O4/c1-41-21-6-10-38(11-7-21)27(40)18-15-29(16-18)8-12-37(13-9-29)24-5-3-20(17-32-24)33-25(39)26-35-36-28(42-26)34-19-2-4-22(30)23(31)14-19/h2-5,14,17-18,21H,6-13,15-16H2,1H3,(H,33,39)(H,34,36). The van der Waals surface area contributed by atoms with Gasteiger partial charge in [0.15, 0.2) is 11.6 Å². The van der Waals surface area contributed by atoms with E-state index in [4.69, 9.17) is 9.15 Å². The van der Waals surface area contributed by atoms with Gasteiger partial charge in [0.05, 0.1) is 18.0 Å². The second-order valence-electron chi connectivity index (χ2n) is 11.4. The van der Waals surface area contributed by atoms with Crippen molar-refractivity contribution in [2.45, 2.75) is 44.6 Å². The van der Waals surface area contributed by atoms with E-state index in [0.29, 0.717) is 11.6 Å². The average Bonchev–Trinajstić information content (AvgIpc) is 3.47. The van der Waals surface area contributed by atoms with Gasteiger partial charge in [0.1, 0.15) is 5.82 Å². The van der Waals surface area contributed by atoms with E-state index >= 15 is 0 Å². The van der Waals surface area contributed by atoms with Crippen LogP contribution in [0, 0.1) is 23.0 Å². The molecule has 11 nitrogen and oxygen atoms in total. The molecule has 222 valence electrons. The number of benzene rings is 1. The predicted molar refractivity (Wildman–Crippen MR) is 149 cm³/mol. The number of carbonyl (C=O) groups excluding carboxylic acids is 2. The first kappa shape index (κ1) is 28.0. The molecule has 2 amide bonds. The third-order valence-electron chi connectivity index (χ3n) is 8.74. The highest BCUT2D eigenvalue weighted by atomic mass is 19.2. The molecule has 2 N–H and O–H groups in total. The van der Waals surface area contributed by atoms with Crippen molar-refractivity contribution in [2.24, 2.45) is 11.3 Å². The molecule has 1 aromatic carbocycles. The fraction of sp³-hybridized carbons (Fsp3) is 0.483. The lowest BCUT2D eigenvalue weighted by Gasteiger charge is -2.52. The fourth-order valence-electron chi connectivity index (χ4n) is 6.24. The maximum absolute atomic E-state index is 13.4. The Labute approximate surface area is 241 Å². The first-order chi connectivity index (χ1) is 20.3. The van der Waals surface area contributed by atoms with E-state index in [1.54, 1.807) is 19.4 Å². The zero-order valence-corrected chi connectivity index (χ0v) is 23.3. The first-order valence-corrected chi connectivity index (χ1v) is 14.2. The number of piperidine rings is 2. The topological polar surface area (TPSA) is 126 Å². The summed E-state index contributed by atoms with van der Waals surface area (Å²) >= 11 is 0. The molecular formula is C29H33F2N7O4. The van der Waals surface area contributed by atoms with Gasteiger partial charge in [-0.2, -0.15) is 0 Å². The van der Waals surface area contributed by atoms with Crippen molar-refractivity contribution in [2.75, 3.05) is 48.8 Å². The number of likely N-dealkylation sites (tertiary alicyclic amines) is 1. The minimum atomic E-state index is -1.03. The van der Waals surface area contributed by atoms with Crippen LogP contribution >= 0.6 is 0 Å². The average molecular weight is 582 g/mol. The Hall–Kier alpha value is -4.13. The van der Waals surface area contributed by atoms with Crippen LogP contribution in [-0.4, -0.2) is 71.3 Å². The number of rotatable bonds is 7. The van der Waals surface area contributed by atoms with Gasteiger partial charge in [-0.25, -0.2) is 13.8 Å². The van der Waals surface area contributed by atoms with E-state index in [2.05, 4.69) is 30.7 Å². The van der Waals surface area contributed by atoms with Crippen molar-refractivity contribution in [3.63, 3.8) is 0 Å². The number of ether oxygens (including phenoxy) is 1. The van der Waals surface area contributed by atoms with Crippen LogP contribution in [0.4, 0.5) is 32.0 Å². The molecule has 0 radical (unpaired) electrons. The highest BCUT2D eigenvalue weighted by Crippen LogP contribution is 2.53. The summed E-state index contributed by atoms with van der Waals surface area (Å²) in [4.78, 5) is 34.3. The summed E-state index contributed by atoms with van der Waals surface area (Å²) < 4.78 is 37.2. The molecule has 2 aromatic heterocycles. The van der Waals surface area contributed by atoms with Gasteiger partial charge in [0.2, 0.25) is 5.91 Å². The molecule has 3 fully saturated rings. The lowest BCUT2D eigenvalue weighted by molar-refractivity contribution is -0.146. The van der Waals surface area contributed by atoms with Gasteiger partial charge in [-0.3, -0.25) is 9.59 Å². The van der Waals surface area contributed by atoms with Crippen molar-refractivity contribution in [1.29, 1.82) is 0 Å². The summed E-state index contributed by atoms with van der Waals surface area (Å²) in [6.45, 7) is 3.33. The van der Waals surface area contributed by atoms with Crippen molar-refractivity contribution in [3.8, 4) is 0 Å². The minimum Gasteiger partial charge on any atom is -0.399 e. The number of carbonyl (C=O) groups is 2. The third-order valence-corrected chi connectivity index (χ3v) is 8.74. The minimum absolute atomic E-state index is 0.142. The Balaban J connectivity index is 0.962. The summed E-state index contributed by atoms with van der Waals surface area (Å²) in [5.74, 6) is -1.66. The molecule has 3 aliphatic rings. The van der Waals surface area contributed by atoms with Crippen LogP contribution in [0.15, 0.2) is 40.9 Å². The Morgan fingerprint density at radius 3 is 2.40 bits per heavy atom. The van der Waals surface area contributed by atoms with Gasteiger partial charge in [0.25, 0.3) is 0 Å². The highest BCUT2D eigenvalue weighted by molar-refractivity contribution is 6.00. The van der Waals surface area contributed by atoms with E-state index < -0.39 is 17.5 Å². The maximum Gasteiger partial charge on any atom is 0.320 e. The highest BCUT2D eigenvalue weighted by Gasteiger charge is 2.49. The molecule has 1 spiro atoms. The molecule has 2 aliphatic heterocycles. The van der Waals surface area contributed by atoms with Crippen LogP contribution < -0.4 is 15.5 Å². The van der Waals surface area contributed by atoms with E-state index in [0.717, 1.165) is 82.7 Å². The van der Waals surface area contributed by atoms with Crippen LogP contribution in [0.5, 0.6) is 0 Å². The molecule has 1 saturated carbocycles. The zero-order chi connectivity index (χ0) is 29.3. The molecule has 6 rings (SSSR count). The molecule has 0 atom stereocenters. The Kier molecular flexibility index (Phi) is 7.76. The molecule has 2 saturated heterocycles. The lowest BCUT2D eigenvalue weighted by atomic mass is 9.57. The van der Waals surface area contributed by atoms with Gasteiger partial charge >= 0.3 is 17.8 Å². The van der Waals surface area contributed by atoms with Crippen LogP contribution in [0.1, 0.15) is 49.2 Å². The van der Waals surface area contributed by atoms with Crippen LogP contribution in [0.2, 0.25) is 0 Å². The molecule has 13 heteroatoms. The molecule has 0 unspecified atom stereocenters. The molecule has 1 aliphatic carbocycles. The van der Waals surface area contributed by atoms with Crippen LogP contribution in [0.25, 0.3) is 0 Å². The second kappa shape index (κ2) is 11.6. The fourth-order valence-corrected chi connectivity index (χ4v) is 6.24. The first-order valence-electron chi connectivity index (χ1n) is 14.2. The van der Waals surface area contributed by atoms with Crippen LogP contribution in [0.3, 0.4) is 0 Å². The number of pyridine rings is 1. The Morgan fingerprint density at radius 1 is 1.00 bits per heavy atom. The van der Waals surface area contributed by atoms with Gasteiger partial charge in [-0.05, 0) is 68.2 Å². The molecular weight excluding hydrogens is 548 g/mol. The van der Waals surface area contributed by atoms with Gasteiger partial charge in [0, 0.05) is 51.0 Å². The molecule has 3 aromatic rings. The second-order valence-corrected chi connectivity index (χ2v) is 11.4. The summed E-state index contributed by atoms with van der Waals surface area (Å²) in [6, 6.07) is 6.67. The molecule has 0 bridgehead atoms. The molecule has 4 heterocycles. The number of aromatic nitrogens is 3. The van der Waals surface area contributed by atoms with Gasteiger partial charge < -0.3 is 29.6 Å². The predicted octanol–water partition coefficient (Wildman–Crippen LogP) is 4.37. The number of nitrogens with one attached hydrogen (secondary N) is 2. The van der Waals surface area contributed by atoms with Crippen molar-refractivity contribution < 1.29 is 27.5 Å². The third kappa shape index (κ3) is 5.91. The number of nitrogens with zero attached hydrogens (tertiary/aromatic N) is 5. The summed E-state index contributed by atoms with van der Waals surface area (Å²) in [5, 5.41) is 12.7. The number of hydrogen-bond acceptors (Lipinski definition) is 9. The normalized spacial score (nSPS) is 19.0. The van der Waals surface area contributed by atoms with Crippen LogP contribution in [-0.2, 0) is 9.53 Å². The van der Waals surface area contributed by atoms with Gasteiger partial charge in [-0.1, -0.05) is 5.10 Å². The molecule has 42 heavy (non-hydrogen) atoms. The number of amides is 2. The monoisotopic (exact) mass is 581 g/mol. The maximum atomic E-state index is 13.4. The number of halogens is 2. The van der Waals surface area contributed by atoms with E-state index in [9.17, 15) is 18.4 Å². The summed E-state index contributed by atoms with van der Waals surface area (Å²) in [6.07, 6.45) is 7.67. The quantitative estimate of drug-likeness (QED) is 0.418.